The van der Waals surface area contributed by atoms with Gasteiger partial charge in [0.1, 0.15) is 0 Å². The fourth-order valence-electron chi connectivity index (χ4n) is 8.51. The standard InChI is InChI=1S/C58H47N5O3Se/c1-58(2,3)63-56(64)51(36-67-42-22-14-7-15-23-42)66-57(65)41-26-24-40(25-27-41)55-49-34-32-47(61-49)53(38-18-10-5-11-19-38)45-30-28-43(59-45)52(37-16-8-4-9-17-37)44-29-31-46(60-44)54(39-20-12-6-13-21-39)48-33-35-50(55)62-48/h4-35,51,59,62H,36H2,1-3H3,(H,63,64). The monoisotopic (exact) mass is 941 g/mol. The molecule has 3 N–H and O–H groups in total. The summed E-state index contributed by atoms with van der Waals surface area (Å²) in [7, 11) is 0. The zero-order valence-corrected chi connectivity index (χ0v) is 39.0. The average molecular weight is 941 g/mol. The number of nitrogens with one attached hydrogen (secondary N) is 3. The van der Waals surface area contributed by atoms with Crippen molar-refractivity contribution in [2.45, 2.75) is 37.7 Å². The molecule has 8 nitrogen and oxygen atoms in total. The third-order valence-corrected chi connectivity index (χ3v) is 13.8. The van der Waals surface area contributed by atoms with Crippen molar-refractivity contribution in [2.75, 3.05) is 0 Å². The number of amides is 1. The van der Waals surface area contributed by atoms with E-state index in [9.17, 15) is 9.59 Å². The fourth-order valence-corrected chi connectivity index (χ4v) is 10.4. The van der Waals surface area contributed by atoms with E-state index < -0.39 is 17.6 Å². The summed E-state index contributed by atoms with van der Waals surface area (Å²) in [5.41, 5.74) is 14.3. The quantitative estimate of drug-likeness (QED) is 0.0934. The van der Waals surface area contributed by atoms with E-state index in [0.717, 1.165) is 93.8 Å². The molecule has 9 heteroatoms. The molecule has 8 aromatic rings. The van der Waals surface area contributed by atoms with Crippen LogP contribution in [0.25, 0.3) is 90.9 Å². The van der Waals surface area contributed by atoms with Crippen LogP contribution in [0.3, 0.4) is 0 Å². The van der Waals surface area contributed by atoms with E-state index in [4.69, 9.17) is 14.7 Å². The van der Waals surface area contributed by atoms with Crippen LogP contribution in [0.5, 0.6) is 0 Å². The molecule has 0 spiro atoms. The fraction of sp³-hybridized carbons (Fsp3) is 0.103. The molecule has 0 saturated carbocycles. The number of aromatic amines is 2. The molecule has 1 atom stereocenters. The Kier molecular flexibility index (Phi) is 11.9. The van der Waals surface area contributed by atoms with Gasteiger partial charge in [0.05, 0.1) is 11.4 Å². The van der Waals surface area contributed by atoms with Crippen LogP contribution < -0.4 is 9.78 Å². The number of ether oxygens (including phenoxy) is 1. The van der Waals surface area contributed by atoms with Crippen molar-refractivity contribution < 1.29 is 14.3 Å². The summed E-state index contributed by atoms with van der Waals surface area (Å²) < 4.78 is 7.14. The third kappa shape index (κ3) is 9.34. The number of rotatable bonds is 10. The van der Waals surface area contributed by atoms with Gasteiger partial charge in [0.25, 0.3) is 0 Å². The second-order valence-corrected chi connectivity index (χ2v) is 19.7. The Bertz CT molecular complexity index is 3320. The molecule has 0 fully saturated rings. The number of fused-ring (bicyclic) bond motifs is 8. The minimum atomic E-state index is -0.949. The number of hydrogen-bond acceptors (Lipinski definition) is 5. The minimum absolute atomic E-state index is 0.0874. The molecular formula is C58H47N5O3Se. The van der Waals surface area contributed by atoms with E-state index in [0.29, 0.717) is 10.9 Å². The number of aromatic nitrogens is 4. The molecule has 2 aliphatic heterocycles. The summed E-state index contributed by atoms with van der Waals surface area (Å²) in [6.07, 6.45) is 7.37. The summed E-state index contributed by atoms with van der Waals surface area (Å²) in [5.74, 6) is -0.874. The zero-order chi connectivity index (χ0) is 45.9. The molecule has 10 rings (SSSR count). The van der Waals surface area contributed by atoms with Crippen LogP contribution in [-0.4, -0.2) is 58.4 Å². The Morgan fingerprint density at radius 3 is 1.24 bits per heavy atom. The van der Waals surface area contributed by atoms with Crippen LogP contribution in [-0.2, 0) is 9.53 Å². The summed E-state index contributed by atoms with van der Waals surface area (Å²) >= 11 is -0.0874. The van der Waals surface area contributed by atoms with Crippen molar-refractivity contribution in [3.63, 3.8) is 0 Å². The first-order valence-corrected chi connectivity index (χ1v) is 24.4. The number of H-pyrrole nitrogens is 2. The number of hydrogen-bond donors (Lipinski definition) is 3. The number of nitrogens with zero attached hydrogens (tertiary/aromatic N) is 2. The number of carbonyl (C=O) groups excluding carboxylic acids is 2. The molecular weight excluding hydrogens is 894 g/mol. The first kappa shape index (κ1) is 43.1. The van der Waals surface area contributed by atoms with Crippen molar-refractivity contribution in [3.05, 3.63) is 198 Å². The number of esters is 1. The molecule has 3 aromatic heterocycles. The van der Waals surface area contributed by atoms with E-state index in [1.807, 2.05) is 106 Å². The van der Waals surface area contributed by atoms with Gasteiger partial charge >= 0.3 is 217 Å². The second-order valence-electron chi connectivity index (χ2n) is 17.4. The van der Waals surface area contributed by atoms with Gasteiger partial charge in [-0.05, 0) is 41.0 Å². The van der Waals surface area contributed by atoms with E-state index in [-0.39, 0.29) is 20.9 Å². The molecule has 1 amide bonds. The van der Waals surface area contributed by atoms with Crippen molar-refractivity contribution in [2.24, 2.45) is 0 Å². The molecule has 1 unspecified atom stereocenters. The summed E-state index contributed by atoms with van der Waals surface area (Å²) in [6, 6.07) is 56.8. The second kappa shape index (κ2) is 18.6. The molecule has 2 aliphatic rings. The van der Waals surface area contributed by atoms with Crippen molar-refractivity contribution in [1.29, 1.82) is 0 Å². The maximum absolute atomic E-state index is 13.9. The molecule has 5 heterocycles. The van der Waals surface area contributed by atoms with Gasteiger partial charge < -0.3 is 4.98 Å². The van der Waals surface area contributed by atoms with Gasteiger partial charge in [0.2, 0.25) is 0 Å². The summed E-state index contributed by atoms with van der Waals surface area (Å²) in [4.78, 5) is 45.8. The molecule has 67 heavy (non-hydrogen) atoms. The SMILES string of the molecule is CC(C)(C)NC(=O)C(C[Se]c1ccccc1)OC(=O)c1ccc(-c2c3nc(c(-c4ccccc4)c4ccc([nH]4)c(-c4ccccc4)c4nc(c(-c5ccccc5)c5ccc2[nH]5)C=C4)C=C3)cc1. The van der Waals surface area contributed by atoms with Gasteiger partial charge in [-0.3, -0.25) is 0 Å². The van der Waals surface area contributed by atoms with Crippen molar-refractivity contribution in [1.82, 2.24) is 25.3 Å². The Balaban J connectivity index is 1.15. The maximum atomic E-state index is 13.9. The molecule has 0 aliphatic carbocycles. The van der Waals surface area contributed by atoms with Gasteiger partial charge in [-0.15, -0.1) is 0 Å². The van der Waals surface area contributed by atoms with Gasteiger partial charge in [-0.1, -0.05) is 91.0 Å². The molecule has 0 saturated heterocycles. The topological polar surface area (TPSA) is 113 Å². The van der Waals surface area contributed by atoms with Crippen molar-refractivity contribution in [3.8, 4) is 44.5 Å². The molecule has 8 bridgehead atoms. The van der Waals surface area contributed by atoms with Gasteiger partial charge in [-0.25, -0.2) is 4.98 Å². The number of benzene rings is 5. The van der Waals surface area contributed by atoms with E-state index in [1.165, 1.54) is 0 Å². The first-order chi connectivity index (χ1) is 32.6. The van der Waals surface area contributed by atoms with Crippen LogP contribution in [0.4, 0.5) is 0 Å². The van der Waals surface area contributed by atoms with Crippen molar-refractivity contribution >= 4 is 77.7 Å². The molecule has 5 aromatic carbocycles. The average Bonchev–Trinajstić information content (AvgIpc) is 4.20. The van der Waals surface area contributed by atoms with Gasteiger partial charge in [-0.2, -0.15) is 0 Å². The summed E-state index contributed by atoms with van der Waals surface area (Å²) in [5, 5.41) is 3.42. The molecule has 328 valence electrons. The van der Waals surface area contributed by atoms with Crippen LogP contribution in [0, 0.1) is 0 Å². The van der Waals surface area contributed by atoms with E-state index >= 15 is 0 Å². The zero-order valence-electron chi connectivity index (χ0n) is 37.3. The molecule has 0 radical (unpaired) electrons. The van der Waals surface area contributed by atoms with E-state index in [1.54, 1.807) is 12.1 Å². The normalized spacial score (nSPS) is 12.5. The summed E-state index contributed by atoms with van der Waals surface area (Å²) in [6.45, 7) is 5.75. The predicted octanol–water partition coefficient (Wildman–Crippen LogP) is 12.2. The van der Waals surface area contributed by atoms with Gasteiger partial charge in [0.15, 0.2) is 0 Å². The Morgan fingerprint density at radius 1 is 0.507 bits per heavy atom. The van der Waals surface area contributed by atoms with Crippen LogP contribution in [0.2, 0.25) is 5.32 Å². The van der Waals surface area contributed by atoms with E-state index in [2.05, 4.69) is 112 Å². The Hall–Kier alpha value is -7.84. The Labute approximate surface area is 395 Å². The third-order valence-electron chi connectivity index (χ3n) is 11.5. The van der Waals surface area contributed by atoms with Crippen LogP contribution in [0.1, 0.15) is 53.9 Å². The van der Waals surface area contributed by atoms with Gasteiger partial charge in [0, 0.05) is 27.7 Å². The number of carbonyl (C=O) groups is 2. The Morgan fingerprint density at radius 2 is 0.866 bits per heavy atom. The predicted molar refractivity (Wildman–Crippen MR) is 274 cm³/mol. The van der Waals surface area contributed by atoms with Crippen LogP contribution in [0.15, 0.2) is 170 Å². The first-order valence-electron chi connectivity index (χ1n) is 22.3. The van der Waals surface area contributed by atoms with Crippen LogP contribution >= 0.6 is 0 Å².